The molecule has 0 spiro atoms. The fourth-order valence-electron chi connectivity index (χ4n) is 5.81. The van der Waals surface area contributed by atoms with E-state index in [0.29, 0.717) is 25.0 Å². The summed E-state index contributed by atoms with van der Waals surface area (Å²) in [6.07, 6.45) is 6.33. The zero-order chi connectivity index (χ0) is 23.1. The lowest BCUT2D eigenvalue weighted by molar-refractivity contribution is -0.145. The highest BCUT2D eigenvalue weighted by Crippen LogP contribution is 2.61. The summed E-state index contributed by atoms with van der Waals surface area (Å²) in [6, 6.07) is 19.4. The van der Waals surface area contributed by atoms with Crippen LogP contribution in [0, 0.1) is 11.8 Å². The van der Waals surface area contributed by atoms with Crippen LogP contribution in [0.3, 0.4) is 0 Å². The van der Waals surface area contributed by atoms with Gasteiger partial charge in [0.15, 0.2) is 0 Å². The first-order valence-corrected chi connectivity index (χ1v) is 12.5. The van der Waals surface area contributed by atoms with Gasteiger partial charge in [-0.2, -0.15) is 0 Å². The zero-order valence-corrected chi connectivity index (χ0v) is 19.6. The molecule has 5 nitrogen and oxygen atoms in total. The van der Waals surface area contributed by atoms with Crippen molar-refractivity contribution in [1.82, 2.24) is 4.98 Å². The Morgan fingerprint density at radius 1 is 1.09 bits per heavy atom. The van der Waals surface area contributed by atoms with Crippen molar-refractivity contribution in [2.45, 2.75) is 45.1 Å². The van der Waals surface area contributed by atoms with Crippen LogP contribution in [0.4, 0.5) is 11.4 Å². The molecule has 0 unspecified atom stereocenters. The number of ether oxygens (including phenoxy) is 2. The van der Waals surface area contributed by atoms with E-state index in [1.54, 1.807) is 0 Å². The van der Waals surface area contributed by atoms with Gasteiger partial charge in [0.05, 0.1) is 12.5 Å². The quantitative estimate of drug-likeness (QED) is 0.455. The van der Waals surface area contributed by atoms with Gasteiger partial charge in [-0.15, -0.1) is 0 Å². The number of anilines is 2. The standard InChI is InChI=1S/C29H30N2O3/c1-2-33-29(32)28-23-15-21-16-26(30-17-24(21)27(23)28)34-18-19-11-12-20-8-6-7-13-31(25(20)14-19)22-9-4-3-5-10-22/h3-5,9-12,14,16-17,23,27-28H,2,6-8,13,15,18H2,1H3/t23-,27-,28+/m1/s1. The molecule has 2 heterocycles. The van der Waals surface area contributed by atoms with Gasteiger partial charge in [0.25, 0.3) is 0 Å². The lowest BCUT2D eigenvalue weighted by Crippen LogP contribution is -2.18. The molecule has 0 radical (unpaired) electrons. The van der Waals surface area contributed by atoms with Crippen molar-refractivity contribution in [2.24, 2.45) is 11.8 Å². The van der Waals surface area contributed by atoms with Gasteiger partial charge in [0.1, 0.15) is 6.61 Å². The third-order valence-corrected chi connectivity index (χ3v) is 7.51. The third kappa shape index (κ3) is 3.83. The normalized spacial score (nSPS) is 22.3. The Bertz CT molecular complexity index is 1210. The predicted molar refractivity (Wildman–Crippen MR) is 131 cm³/mol. The summed E-state index contributed by atoms with van der Waals surface area (Å²) in [5, 5.41) is 0. The van der Waals surface area contributed by atoms with Gasteiger partial charge in [0, 0.05) is 36.1 Å². The van der Waals surface area contributed by atoms with Crippen LogP contribution < -0.4 is 9.64 Å². The number of aromatic nitrogens is 1. The summed E-state index contributed by atoms with van der Waals surface area (Å²) in [4.78, 5) is 19.1. The van der Waals surface area contributed by atoms with Crippen LogP contribution in [0.5, 0.6) is 5.88 Å². The Balaban J connectivity index is 1.16. The van der Waals surface area contributed by atoms with Crippen molar-refractivity contribution in [2.75, 3.05) is 18.1 Å². The molecular weight excluding hydrogens is 424 g/mol. The van der Waals surface area contributed by atoms with Crippen molar-refractivity contribution in [3.05, 3.63) is 83.0 Å². The molecular formula is C29H30N2O3. The van der Waals surface area contributed by atoms with Gasteiger partial charge in [-0.1, -0.05) is 30.3 Å². The summed E-state index contributed by atoms with van der Waals surface area (Å²) in [5.41, 5.74) is 7.53. The Labute approximate surface area is 200 Å². The van der Waals surface area contributed by atoms with E-state index in [0.717, 1.165) is 24.9 Å². The molecule has 174 valence electrons. The SMILES string of the molecule is CCOC(=O)[C@H]1[C@@H]2Cc3cc(OCc4ccc5c(c4)N(c4ccccc4)CCCC5)ncc3[C@@H]21. The minimum absolute atomic E-state index is 0.0214. The monoisotopic (exact) mass is 454 g/mol. The van der Waals surface area contributed by atoms with E-state index in [1.165, 1.54) is 40.9 Å². The van der Waals surface area contributed by atoms with E-state index in [9.17, 15) is 4.79 Å². The first kappa shape index (κ1) is 21.2. The van der Waals surface area contributed by atoms with E-state index in [4.69, 9.17) is 9.47 Å². The lowest BCUT2D eigenvalue weighted by Gasteiger charge is -2.25. The van der Waals surface area contributed by atoms with Gasteiger partial charge in [0.2, 0.25) is 5.88 Å². The molecule has 1 aromatic heterocycles. The highest BCUT2D eigenvalue weighted by atomic mass is 16.5. The van der Waals surface area contributed by atoms with E-state index >= 15 is 0 Å². The van der Waals surface area contributed by atoms with Crippen LogP contribution in [0.25, 0.3) is 0 Å². The van der Waals surface area contributed by atoms with Crippen molar-refractivity contribution in [3.8, 4) is 5.88 Å². The number of carbonyl (C=O) groups is 1. The Morgan fingerprint density at radius 3 is 2.82 bits per heavy atom. The van der Waals surface area contributed by atoms with Crippen molar-refractivity contribution in [3.63, 3.8) is 0 Å². The molecule has 3 atom stereocenters. The Hall–Kier alpha value is -3.34. The Morgan fingerprint density at radius 2 is 1.97 bits per heavy atom. The summed E-state index contributed by atoms with van der Waals surface area (Å²) in [5.74, 6) is 1.27. The minimum atomic E-state index is -0.0590. The number of para-hydroxylation sites is 1. The maximum atomic E-state index is 12.1. The fraction of sp³-hybridized carbons (Fsp3) is 0.379. The van der Waals surface area contributed by atoms with Crippen molar-refractivity contribution in [1.29, 1.82) is 0 Å². The molecule has 3 aliphatic rings. The van der Waals surface area contributed by atoms with Crippen LogP contribution in [0.2, 0.25) is 0 Å². The Kier molecular flexibility index (Phi) is 5.48. The fourth-order valence-corrected chi connectivity index (χ4v) is 5.81. The largest absolute Gasteiger partial charge is 0.473 e. The molecule has 0 saturated heterocycles. The second-order valence-electron chi connectivity index (χ2n) is 9.59. The number of pyridine rings is 1. The molecule has 5 heteroatoms. The molecule has 6 rings (SSSR count). The minimum Gasteiger partial charge on any atom is -0.473 e. The molecule has 1 aliphatic heterocycles. The predicted octanol–water partition coefficient (Wildman–Crippen LogP) is 5.58. The second kappa shape index (κ2) is 8.79. The summed E-state index contributed by atoms with van der Waals surface area (Å²) in [6.45, 7) is 3.82. The highest BCUT2D eigenvalue weighted by Gasteiger charge is 2.60. The first-order chi connectivity index (χ1) is 16.7. The first-order valence-electron chi connectivity index (χ1n) is 12.5. The van der Waals surface area contributed by atoms with Crippen LogP contribution in [-0.2, 0) is 29.0 Å². The smallest absolute Gasteiger partial charge is 0.309 e. The lowest BCUT2D eigenvalue weighted by atomic mass is 10.0. The number of esters is 1. The molecule has 0 bridgehead atoms. The van der Waals surface area contributed by atoms with E-state index < -0.39 is 0 Å². The van der Waals surface area contributed by atoms with Gasteiger partial charge in [-0.05, 0) is 79.0 Å². The average molecular weight is 455 g/mol. The zero-order valence-electron chi connectivity index (χ0n) is 19.6. The van der Waals surface area contributed by atoms with Gasteiger partial charge >= 0.3 is 5.97 Å². The number of nitrogens with zero attached hydrogens (tertiary/aromatic N) is 2. The van der Waals surface area contributed by atoms with Crippen LogP contribution in [0.15, 0.2) is 60.8 Å². The molecule has 2 aliphatic carbocycles. The molecule has 3 aromatic rings. The highest BCUT2D eigenvalue weighted by molar-refractivity contribution is 5.79. The summed E-state index contributed by atoms with van der Waals surface area (Å²) < 4.78 is 11.3. The van der Waals surface area contributed by atoms with Gasteiger partial charge < -0.3 is 14.4 Å². The van der Waals surface area contributed by atoms with Crippen LogP contribution >= 0.6 is 0 Å². The number of rotatable bonds is 6. The molecule has 34 heavy (non-hydrogen) atoms. The van der Waals surface area contributed by atoms with Gasteiger partial charge in [-0.3, -0.25) is 4.79 Å². The number of carbonyl (C=O) groups excluding carboxylic acids is 1. The number of aryl methyl sites for hydroxylation is 1. The van der Waals surface area contributed by atoms with Crippen LogP contribution in [0.1, 0.15) is 47.9 Å². The number of benzene rings is 2. The summed E-state index contributed by atoms with van der Waals surface area (Å²) in [7, 11) is 0. The van der Waals surface area contributed by atoms with Crippen molar-refractivity contribution >= 4 is 17.3 Å². The third-order valence-electron chi connectivity index (χ3n) is 7.51. The molecule has 0 N–H and O–H groups in total. The van der Waals surface area contributed by atoms with E-state index in [-0.39, 0.29) is 17.8 Å². The molecule has 1 fully saturated rings. The molecule has 1 saturated carbocycles. The van der Waals surface area contributed by atoms with E-state index in [1.807, 2.05) is 13.1 Å². The molecule has 2 aromatic carbocycles. The second-order valence-corrected chi connectivity index (χ2v) is 9.59. The van der Waals surface area contributed by atoms with Crippen LogP contribution in [-0.4, -0.2) is 24.1 Å². The molecule has 0 amide bonds. The van der Waals surface area contributed by atoms with Gasteiger partial charge in [-0.25, -0.2) is 4.98 Å². The number of hydrogen-bond acceptors (Lipinski definition) is 5. The topological polar surface area (TPSA) is 51.7 Å². The van der Waals surface area contributed by atoms with E-state index in [2.05, 4.69) is 64.5 Å². The average Bonchev–Trinajstić information content (AvgIpc) is 3.52. The maximum Gasteiger partial charge on any atom is 0.309 e. The summed E-state index contributed by atoms with van der Waals surface area (Å²) >= 11 is 0. The van der Waals surface area contributed by atoms with Crippen molar-refractivity contribution < 1.29 is 14.3 Å². The number of fused-ring (bicyclic) bond motifs is 4. The number of hydrogen-bond donors (Lipinski definition) is 0. The maximum absolute atomic E-state index is 12.1.